The molecule has 0 aliphatic carbocycles. The molecule has 1 aliphatic rings. The highest BCUT2D eigenvalue weighted by molar-refractivity contribution is 6.78. The standard InChI is InChI=1S/C11H16OSi/c1-13(2,3)11-10(12-11)9-7-5-4-6-8-9/h4-8,10-11H,1-3H3/t10-,11+/m0/s1. The minimum absolute atomic E-state index is 0.396. The van der Waals surface area contributed by atoms with Crippen LogP contribution in [0.25, 0.3) is 0 Å². The van der Waals surface area contributed by atoms with Gasteiger partial charge < -0.3 is 4.74 Å². The topological polar surface area (TPSA) is 12.5 Å². The molecule has 2 heteroatoms. The highest BCUT2D eigenvalue weighted by atomic mass is 28.3. The Balaban J connectivity index is 2.09. The Morgan fingerprint density at radius 2 is 1.69 bits per heavy atom. The molecule has 13 heavy (non-hydrogen) atoms. The van der Waals surface area contributed by atoms with Crippen molar-refractivity contribution < 1.29 is 4.74 Å². The fraction of sp³-hybridized carbons (Fsp3) is 0.455. The summed E-state index contributed by atoms with van der Waals surface area (Å²) in [5, 5.41) is 0. The number of hydrogen-bond donors (Lipinski definition) is 0. The second-order valence-electron chi connectivity index (χ2n) is 4.75. The summed E-state index contributed by atoms with van der Waals surface area (Å²) in [6.07, 6.45) is 0.396. The van der Waals surface area contributed by atoms with Crippen LogP contribution in [0.5, 0.6) is 0 Å². The maximum atomic E-state index is 5.73. The van der Waals surface area contributed by atoms with Gasteiger partial charge in [-0.2, -0.15) is 0 Å². The van der Waals surface area contributed by atoms with Crippen LogP contribution >= 0.6 is 0 Å². The Hall–Kier alpha value is -0.603. The second kappa shape index (κ2) is 2.96. The van der Waals surface area contributed by atoms with E-state index in [0.717, 1.165) is 0 Å². The van der Waals surface area contributed by atoms with Crippen molar-refractivity contribution in [3.8, 4) is 0 Å². The molecule has 1 heterocycles. The molecule has 1 fully saturated rings. The number of epoxide rings is 1. The van der Waals surface area contributed by atoms with Crippen molar-refractivity contribution in [1.82, 2.24) is 0 Å². The molecule has 1 aliphatic heterocycles. The summed E-state index contributed by atoms with van der Waals surface area (Å²) >= 11 is 0. The van der Waals surface area contributed by atoms with Crippen molar-refractivity contribution >= 4 is 8.07 Å². The molecule has 0 radical (unpaired) electrons. The lowest BCUT2D eigenvalue weighted by molar-refractivity contribution is 0.400. The highest BCUT2D eigenvalue weighted by Gasteiger charge is 2.48. The molecule has 1 aromatic rings. The Kier molecular flexibility index (Phi) is 2.04. The van der Waals surface area contributed by atoms with Crippen LogP contribution in [0.1, 0.15) is 11.7 Å². The van der Waals surface area contributed by atoms with Gasteiger partial charge in [-0.15, -0.1) is 0 Å². The molecule has 70 valence electrons. The summed E-state index contributed by atoms with van der Waals surface area (Å²) in [5.41, 5.74) is 1.88. The van der Waals surface area contributed by atoms with Crippen LogP contribution in [0.2, 0.25) is 19.6 Å². The van der Waals surface area contributed by atoms with Crippen LogP contribution in [0.3, 0.4) is 0 Å². The first-order valence-corrected chi connectivity index (χ1v) is 8.37. The first-order chi connectivity index (χ1) is 6.09. The molecule has 0 N–H and O–H groups in total. The summed E-state index contributed by atoms with van der Waals surface area (Å²) in [6.45, 7) is 7.09. The van der Waals surface area contributed by atoms with Gasteiger partial charge >= 0.3 is 0 Å². The zero-order valence-electron chi connectivity index (χ0n) is 8.45. The molecule has 0 amide bonds. The van der Waals surface area contributed by atoms with Crippen molar-refractivity contribution in [3.05, 3.63) is 35.9 Å². The van der Waals surface area contributed by atoms with E-state index < -0.39 is 8.07 Å². The van der Waals surface area contributed by atoms with Gasteiger partial charge in [-0.25, -0.2) is 0 Å². The van der Waals surface area contributed by atoms with E-state index in [1.165, 1.54) is 5.56 Å². The fourth-order valence-electron chi connectivity index (χ4n) is 1.67. The van der Waals surface area contributed by atoms with Gasteiger partial charge in [-0.3, -0.25) is 0 Å². The number of ether oxygens (including phenoxy) is 1. The average molecular weight is 192 g/mol. The van der Waals surface area contributed by atoms with Gasteiger partial charge in [-0.1, -0.05) is 50.0 Å². The van der Waals surface area contributed by atoms with Crippen molar-refractivity contribution in [2.24, 2.45) is 0 Å². The first kappa shape index (κ1) is 8.97. The Morgan fingerprint density at radius 3 is 2.15 bits per heavy atom. The summed E-state index contributed by atoms with van der Waals surface area (Å²) in [7, 11) is -1.09. The number of benzene rings is 1. The van der Waals surface area contributed by atoms with E-state index >= 15 is 0 Å². The van der Waals surface area contributed by atoms with Gasteiger partial charge in [0, 0.05) is 0 Å². The lowest BCUT2D eigenvalue weighted by Gasteiger charge is -2.11. The molecule has 2 atom stereocenters. The van der Waals surface area contributed by atoms with E-state index in [4.69, 9.17) is 4.74 Å². The summed E-state index contributed by atoms with van der Waals surface area (Å²) in [6, 6.07) is 10.5. The molecule has 1 aromatic carbocycles. The third kappa shape index (κ3) is 1.84. The predicted molar refractivity (Wildman–Crippen MR) is 57.4 cm³/mol. The van der Waals surface area contributed by atoms with Gasteiger partial charge in [0.1, 0.15) is 6.10 Å². The highest BCUT2D eigenvalue weighted by Crippen LogP contribution is 2.43. The lowest BCUT2D eigenvalue weighted by atomic mass is 10.2. The third-order valence-electron chi connectivity index (χ3n) is 2.47. The molecule has 0 unspecified atom stereocenters. The van der Waals surface area contributed by atoms with Crippen LogP contribution < -0.4 is 0 Å². The van der Waals surface area contributed by atoms with Gasteiger partial charge in [-0.05, 0) is 5.56 Å². The molecule has 1 nitrogen and oxygen atoms in total. The summed E-state index contributed by atoms with van der Waals surface area (Å²) in [5.74, 6) is 0. The zero-order chi connectivity index (χ0) is 9.47. The Morgan fingerprint density at radius 1 is 1.08 bits per heavy atom. The first-order valence-electron chi connectivity index (χ1n) is 4.79. The average Bonchev–Trinajstić information content (AvgIpc) is 2.83. The van der Waals surface area contributed by atoms with Gasteiger partial charge in [0.2, 0.25) is 0 Å². The van der Waals surface area contributed by atoms with Gasteiger partial charge in [0.05, 0.1) is 13.8 Å². The van der Waals surface area contributed by atoms with Crippen molar-refractivity contribution in [2.45, 2.75) is 31.5 Å². The molecule has 1 saturated heterocycles. The van der Waals surface area contributed by atoms with E-state index in [1.54, 1.807) is 0 Å². The Labute approximate surface area is 80.7 Å². The maximum absolute atomic E-state index is 5.73. The molecular weight excluding hydrogens is 176 g/mol. The normalized spacial score (nSPS) is 27.3. The number of hydrogen-bond acceptors (Lipinski definition) is 1. The quantitative estimate of drug-likeness (QED) is 0.518. The lowest BCUT2D eigenvalue weighted by Crippen LogP contribution is -2.29. The van der Waals surface area contributed by atoms with E-state index in [9.17, 15) is 0 Å². The largest absolute Gasteiger partial charge is 0.368 e. The monoisotopic (exact) mass is 192 g/mol. The minimum atomic E-state index is -1.09. The van der Waals surface area contributed by atoms with Crippen LogP contribution in [0.15, 0.2) is 30.3 Å². The summed E-state index contributed by atoms with van der Waals surface area (Å²) in [4.78, 5) is 0. The summed E-state index contributed by atoms with van der Waals surface area (Å²) < 4.78 is 5.73. The predicted octanol–water partition coefficient (Wildman–Crippen LogP) is 3.00. The van der Waals surface area contributed by atoms with Crippen LogP contribution in [0, 0.1) is 0 Å². The zero-order valence-corrected chi connectivity index (χ0v) is 9.45. The van der Waals surface area contributed by atoms with Crippen LogP contribution in [0.4, 0.5) is 0 Å². The van der Waals surface area contributed by atoms with Crippen LogP contribution in [-0.2, 0) is 4.74 Å². The van der Waals surface area contributed by atoms with Crippen molar-refractivity contribution in [1.29, 1.82) is 0 Å². The molecule has 0 aromatic heterocycles. The van der Waals surface area contributed by atoms with Gasteiger partial charge in [0.15, 0.2) is 0 Å². The Bertz CT molecular complexity index is 289. The smallest absolute Gasteiger partial charge is 0.106 e. The SMILES string of the molecule is C[Si](C)(C)[C@H]1O[C@H]1c1ccccc1. The van der Waals surface area contributed by atoms with E-state index in [1.807, 2.05) is 0 Å². The van der Waals surface area contributed by atoms with Crippen molar-refractivity contribution in [2.75, 3.05) is 0 Å². The molecule has 0 spiro atoms. The van der Waals surface area contributed by atoms with Crippen molar-refractivity contribution in [3.63, 3.8) is 0 Å². The molecular formula is C11H16OSi. The van der Waals surface area contributed by atoms with E-state index in [-0.39, 0.29) is 0 Å². The third-order valence-corrected chi connectivity index (χ3v) is 4.62. The van der Waals surface area contributed by atoms with Gasteiger partial charge in [0.25, 0.3) is 0 Å². The molecule has 0 bridgehead atoms. The maximum Gasteiger partial charge on any atom is 0.106 e. The van der Waals surface area contributed by atoms with E-state index in [2.05, 4.69) is 50.0 Å². The molecule has 2 rings (SSSR count). The van der Waals surface area contributed by atoms with Crippen LogP contribution in [-0.4, -0.2) is 13.8 Å². The fourth-order valence-corrected chi connectivity index (χ4v) is 3.32. The number of rotatable bonds is 2. The second-order valence-corrected chi connectivity index (χ2v) is 10.1. The minimum Gasteiger partial charge on any atom is -0.368 e. The van der Waals surface area contributed by atoms with E-state index in [0.29, 0.717) is 11.8 Å². The molecule has 0 saturated carbocycles.